The third-order valence-electron chi connectivity index (χ3n) is 2.86. The summed E-state index contributed by atoms with van der Waals surface area (Å²) in [4.78, 5) is 12.8. The summed E-state index contributed by atoms with van der Waals surface area (Å²) in [5, 5.41) is 8.58. The molecule has 1 saturated heterocycles. The molecule has 17 heavy (non-hydrogen) atoms. The molecule has 1 fully saturated rings. The number of nitrogens with zero attached hydrogens (tertiary/aromatic N) is 1. The summed E-state index contributed by atoms with van der Waals surface area (Å²) in [7, 11) is 0. The standard InChI is InChI=1S/C13H14BrNO2/c14-12-9-11(15-7-1-2-8-15)5-3-10(12)4-6-13(16)17/h3-6,9H,1-2,7-8H2,(H,16,17)/b6-4+. The van der Waals surface area contributed by atoms with Gasteiger partial charge in [0.05, 0.1) is 0 Å². The highest BCUT2D eigenvalue weighted by molar-refractivity contribution is 9.10. The van der Waals surface area contributed by atoms with Gasteiger partial charge < -0.3 is 10.0 Å². The molecule has 1 aromatic carbocycles. The first-order valence-corrected chi connectivity index (χ1v) is 6.41. The third kappa shape index (κ3) is 3.09. The quantitative estimate of drug-likeness (QED) is 0.871. The van der Waals surface area contributed by atoms with E-state index in [1.165, 1.54) is 18.5 Å². The zero-order valence-electron chi connectivity index (χ0n) is 9.40. The van der Waals surface area contributed by atoms with Gasteiger partial charge in [-0.2, -0.15) is 0 Å². The number of hydrogen-bond acceptors (Lipinski definition) is 2. The van der Waals surface area contributed by atoms with Gasteiger partial charge in [0.25, 0.3) is 0 Å². The Morgan fingerprint density at radius 2 is 2.06 bits per heavy atom. The Balaban J connectivity index is 2.19. The fourth-order valence-electron chi connectivity index (χ4n) is 1.98. The van der Waals surface area contributed by atoms with Crippen molar-refractivity contribution in [2.24, 2.45) is 0 Å². The molecule has 0 spiro atoms. The Morgan fingerprint density at radius 1 is 1.35 bits per heavy atom. The van der Waals surface area contributed by atoms with Crippen LogP contribution in [-0.2, 0) is 4.79 Å². The average molecular weight is 296 g/mol. The van der Waals surface area contributed by atoms with Crippen molar-refractivity contribution in [3.05, 3.63) is 34.3 Å². The van der Waals surface area contributed by atoms with Crippen LogP contribution in [-0.4, -0.2) is 24.2 Å². The lowest BCUT2D eigenvalue weighted by atomic mass is 10.2. The molecule has 0 unspecified atom stereocenters. The van der Waals surface area contributed by atoms with Crippen LogP contribution in [0.15, 0.2) is 28.7 Å². The minimum absolute atomic E-state index is 0.885. The summed E-state index contributed by atoms with van der Waals surface area (Å²) in [5.41, 5.74) is 2.08. The Hall–Kier alpha value is -1.29. The second kappa shape index (κ2) is 5.36. The molecule has 3 nitrogen and oxygen atoms in total. The molecule has 1 heterocycles. The zero-order chi connectivity index (χ0) is 12.3. The van der Waals surface area contributed by atoms with E-state index in [0.717, 1.165) is 29.2 Å². The maximum absolute atomic E-state index is 10.4. The van der Waals surface area contributed by atoms with Gasteiger partial charge in [0.1, 0.15) is 0 Å². The molecule has 1 aliphatic heterocycles. The van der Waals surface area contributed by atoms with Crippen molar-refractivity contribution in [1.82, 2.24) is 0 Å². The highest BCUT2D eigenvalue weighted by atomic mass is 79.9. The van der Waals surface area contributed by atoms with Crippen LogP contribution in [0, 0.1) is 0 Å². The van der Waals surface area contributed by atoms with E-state index in [1.807, 2.05) is 18.2 Å². The van der Waals surface area contributed by atoms with Crippen LogP contribution in [0.1, 0.15) is 18.4 Å². The van der Waals surface area contributed by atoms with Crippen LogP contribution in [0.3, 0.4) is 0 Å². The Morgan fingerprint density at radius 3 is 2.65 bits per heavy atom. The number of aliphatic carboxylic acids is 1. The van der Waals surface area contributed by atoms with Crippen LogP contribution in [0.5, 0.6) is 0 Å². The maximum atomic E-state index is 10.4. The first-order valence-electron chi connectivity index (χ1n) is 5.62. The van der Waals surface area contributed by atoms with Gasteiger partial charge in [-0.05, 0) is 36.6 Å². The van der Waals surface area contributed by atoms with Crippen molar-refractivity contribution < 1.29 is 9.90 Å². The summed E-state index contributed by atoms with van der Waals surface area (Å²) in [5.74, 6) is -0.930. The molecular weight excluding hydrogens is 282 g/mol. The Labute approximate surface area is 109 Å². The van der Waals surface area contributed by atoms with Crippen LogP contribution >= 0.6 is 15.9 Å². The smallest absolute Gasteiger partial charge is 0.328 e. The number of anilines is 1. The molecule has 4 heteroatoms. The summed E-state index contributed by atoms with van der Waals surface area (Å²) in [6.45, 7) is 2.22. The fourth-order valence-corrected chi connectivity index (χ4v) is 2.48. The summed E-state index contributed by atoms with van der Waals surface area (Å²) in [6, 6.07) is 6.03. The van der Waals surface area contributed by atoms with Crippen LogP contribution in [0.4, 0.5) is 5.69 Å². The molecule has 0 bridgehead atoms. The molecule has 1 N–H and O–H groups in total. The highest BCUT2D eigenvalue weighted by Gasteiger charge is 2.12. The van der Waals surface area contributed by atoms with Crippen LogP contribution < -0.4 is 4.90 Å². The molecule has 0 saturated carbocycles. The van der Waals surface area contributed by atoms with Gasteiger partial charge in [-0.1, -0.05) is 22.0 Å². The van der Waals surface area contributed by atoms with Crippen molar-refractivity contribution in [3.8, 4) is 0 Å². The summed E-state index contributed by atoms with van der Waals surface area (Å²) in [6.07, 6.45) is 5.24. The first kappa shape index (κ1) is 12.2. The average Bonchev–Trinajstić information content (AvgIpc) is 2.80. The third-order valence-corrected chi connectivity index (χ3v) is 3.55. The van der Waals surface area contributed by atoms with Gasteiger partial charge in [0, 0.05) is 29.3 Å². The van der Waals surface area contributed by atoms with Gasteiger partial charge >= 0.3 is 5.97 Å². The predicted octanol–water partition coefficient (Wildman–Crippen LogP) is 3.15. The number of benzene rings is 1. The molecule has 0 aliphatic carbocycles. The molecule has 1 aromatic rings. The van der Waals surface area contributed by atoms with Crippen molar-refractivity contribution in [1.29, 1.82) is 0 Å². The minimum Gasteiger partial charge on any atom is -0.478 e. The fraction of sp³-hybridized carbons (Fsp3) is 0.308. The van der Waals surface area contributed by atoms with Gasteiger partial charge in [0.15, 0.2) is 0 Å². The topological polar surface area (TPSA) is 40.5 Å². The molecule has 1 aliphatic rings. The maximum Gasteiger partial charge on any atom is 0.328 e. The molecule has 2 rings (SSSR count). The number of carboxylic acid groups (broad SMARTS) is 1. The lowest BCUT2D eigenvalue weighted by Gasteiger charge is -2.18. The van der Waals surface area contributed by atoms with E-state index in [0.29, 0.717) is 0 Å². The van der Waals surface area contributed by atoms with E-state index in [1.54, 1.807) is 6.08 Å². The second-order valence-electron chi connectivity index (χ2n) is 4.07. The highest BCUT2D eigenvalue weighted by Crippen LogP contribution is 2.27. The lowest BCUT2D eigenvalue weighted by Crippen LogP contribution is -2.17. The van der Waals surface area contributed by atoms with Gasteiger partial charge in [-0.3, -0.25) is 0 Å². The summed E-state index contributed by atoms with van der Waals surface area (Å²) < 4.78 is 0.930. The molecule has 0 radical (unpaired) electrons. The molecular formula is C13H14BrNO2. The Bertz CT molecular complexity index is 451. The van der Waals surface area contributed by atoms with E-state index >= 15 is 0 Å². The monoisotopic (exact) mass is 295 g/mol. The molecule has 0 amide bonds. The van der Waals surface area contributed by atoms with E-state index in [-0.39, 0.29) is 0 Å². The van der Waals surface area contributed by atoms with Gasteiger partial charge in [0.2, 0.25) is 0 Å². The van der Waals surface area contributed by atoms with Gasteiger partial charge in [-0.15, -0.1) is 0 Å². The van der Waals surface area contributed by atoms with Crippen molar-refractivity contribution in [2.45, 2.75) is 12.8 Å². The largest absolute Gasteiger partial charge is 0.478 e. The SMILES string of the molecule is O=C(O)/C=C/c1ccc(N2CCCC2)cc1Br. The molecule has 0 aromatic heterocycles. The number of hydrogen-bond donors (Lipinski definition) is 1. The number of halogens is 1. The van der Waals surface area contributed by atoms with E-state index < -0.39 is 5.97 Å². The minimum atomic E-state index is -0.930. The van der Waals surface area contributed by atoms with E-state index in [4.69, 9.17) is 5.11 Å². The zero-order valence-corrected chi connectivity index (χ0v) is 11.0. The van der Waals surface area contributed by atoms with E-state index in [9.17, 15) is 4.79 Å². The number of carbonyl (C=O) groups is 1. The van der Waals surface area contributed by atoms with Gasteiger partial charge in [-0.25, -0.2) is 4.79 Å². The predicted molar refractivity (Wildman–Crippen MR) is 72.3 cm³/mol. The lowest BCUT2D eigenvalue weighted by molar-refractivity contribution is -0.131. The van der Waals surface area contributed by atoms with Crippen LogP contribution in [0.2, 0.25) is 0 Å². The van der Waals surface area contributed by atoms with Crippen molar-refractivity contribution in [3.63, 3.8) is 0 Å². The number of rotatable bonds is 3. The summed E-state index contributed by atoms with van der Waals surface area (Å²) >= 11 is 3.47. The second-order valence-corrected chi connectivity index (χ2v) is 4.93. The normalized spacial score (nSPS) is 15.7. The van der Waals surface area contributed by atoms with Crippen molar-refractivity contribution >= 4 is 33.7 Å². The van der Waals surface area contributed by atoms with E-state index in [2.05, 4.69) is 20.8 Å². The first-order chi connectivity index (χ1) is 8.16. The number of carboxylic acids is 1. The van der Waals surface area contributed by atoms with Crippen molar-refractivity contribution in [2.75, 3.05) is 18.0 Å². The molecule has 90 valence electrons. The molecule has 0 atom stereocenters. The Kier molecular flexibility index (Phi) is 3.84. The van der Waals surface area contributed by atoms with Crippen LogP contribution in [0.25, 0.3) is 6.08 Å².